The Hall–Kier alpha value is -2.41. The molecule has 1 atom stereocenters. The lowest BCUT2D eigenvalue weighted by atomic mass is 10.1. The molecule has 25 heavy (non-hydrogen) atoms. The zero-order chi connectivity index (χ0) is 18.4. The number of hydrogen-bond acceptors (Lipinski definition) is 4. The molecule has 0 unspecified atom stereocenters. The van der Waals surface area contributed by atoms with Gasteiger partial charge in [-0.1, -0.05) is 25.1 Å². The number of pyridine rings is 1. The van der Waals surface area contributed by atoms with Crippen LogP contribution in [-0.4, -0.2) is 31.6 Å². The van der Waals surface area contributed by atoms with E-state index in [1.807, 2.05) is 19.1 Å². The number of aromatic nitrogens is 1. The minimum absolute atomic E-state index is 0.300. The number of nitrogens with zero attached hydrogens (tertiary/aromatic N) is 2. The highest BCUT2D eigenvalue weighted by Crippen LogP contribution is 2.23. The lowest BCUT2D eigenvalue weighted by molar-refractivity contribution is -0.122. The van der Waals surface area contributed by atoms with Crippen LogP contribution in [0.15, 0.2) is 48.8 Å². The summed E-state index contributed by atoms with van der Waals surface area (Å²) in [5, 5.41) is 2.80. The summed E-state index contributed by atoms with van der Waals surface area (Å²) in [6.07, 6.45) is 4.80. The third kappa shape index (κ3) is 5.03. The molecule has 1 aromatic heterocycles. The van der Waals surface area contributed by atoms with E-state index in [4.69, 9.17) is 0 Å². The van der Waals surface area contributed by atoms with E-state index in [1.165, 1.54) is 4.31 Å². The van der Waals surface area contributed by atoms with E-state index >= 15 is 0 Å². The minimum atomic E-state index is -3.61. The van der Waals surface area contributed by atoms with Crippen molar-refractivity contribution in [2.45, 2.75) is 32.9 Å². The predicted molar refractivity (Wildman–Crippen MR) is 98.7 cm³/mol. The number of benzene rings is 1. The molecule has 0 fully saturated rings. The maximum atomic E-state index is 12.7. The second-order valence-electron chi connectivity index (χ2n) is 5.90. The van der Waals surface area contributed by atoms with Crippen molar-refractivity contribution in [1.82, 2.24) is 10.3 Å². The predicted octanol–water partition coefficient (Wildman–Crippen LogP) is 2.25. The van der Waals surface area contributed by atoms with Gasteiger partial charge in [-0.25, -0.2) is 8.42 Å². The summed E-state index contributed by atoms with van der Waals surface area (Å²) in [5.41, 5.74) is 2.27. The maximum Gasteiger partial charge on any atom is 0.244 e. The highest BCUT2D eigenvalue weighted by atomic mass is 32.2. The van der Waals surface area contributed by atoms with Crippen LogP contribution in [0.2, 0.25) is 0 Å². The molecule has 2 aromatic rings. The van der Waals surface area contributed by atoms with Gasteiger partial charge in [0.1, 0.15) is 6.04 Å². The fourth-order valence-corrected chi connectivity index (χ4v) is 3.84. The second kappa shape index (κ2) is 8.11. The molecular weight excluding hydrogens is 338 g/mol. The van der Waals surface area contributed by atoms with Gasteiger partial charge in [0.25, 0.3) is 0 Å². The Bertz CT molecular complexity index is 822. The van der Waals surface area contributed by atoms with Gasteiger partial charge >= 0.3 is 0 Å². The summed E-state index contributed by atoms with van der Waals surface area (Å²) < 4.78 is 25.9. The Morgan fingerprint density at radius 3 is 2.60 bits per heavy atom. The van der Waals surface area contributed by atoms with Crippen LogP contribution in [0.3, 0.4) is 0 Å². The van der Waals surface area contributed by atoms with Crippen LogP contribution < -0.4 is 9.62 Å². The van der Waals surface area contributed by atoms with E-state index in [2.05, 4.69) is 10.3 Å². The Balaban J connectivity index is 2.25. The Kier molecular flexibility index (Phi) is 6.14. The molecule has 0 aliphatic carbocycles. The van der Waals surface area contributed by atoms with E-state index in [9.17, 15) is 13.2 Å². The average Bonchev–Trinajstić information content (AvgIpc) is 2.57. The zero-order valence-electron chi connectivity index (χ0n) is 14.6. The molecule has 0 radical (unpaired) electrons. The summed E-state index contributed by atoms with van der Waals surface area (Å²) in [6, 6.07) is 9.95. The van der Waals surface area contributed by atoms with Crippen molar-refractivity contribution < 1.29 is 13.2 Å². The molecule has 1 N–H and O–H groups in total. The maximum absolute atomic E-state index is 12.7. The fraction of sp³-hybridized carbons (Fsp3) is 0.333. The van der Waals surface area contributed by atoms with E-state index in [0.717, 1.165) is 17.4 Å². The summed E-state index contributed by atoms with van der Waals surface area (Å²) in [5.74, 6) is -0.335. The molecule has 134 valence electrons. The van der Waals surface area contributed by atoms with Crippen LogP contribution in [0.1, 0.15) is 24.5 Å². The fourth-order valence-electron chi connectivity index (χ4n) is 2.64. The molecule has 1 amide bonds. The van der Waals surface area contributed by atoms with Crippen molar-refractivity contribution in [3.05, 3.63) is 59.9 Å². The van der Waals surface area contributed by atoms with E-state index in [1.54, 1.807) is 43.6 Å². The number of amides is 1. The lowest BCUT2D eigenvalue weighted by Gasteiger charge is -2.30. The number of carbonyl (C=O) groups excluding carboxylic acids is 1. The van der Waals surface area contributed by atoms with Crippen LogP contribution in [0.4, 0.5) is 5.69 Å². The molecule has 1 heterocycles. The molecular formula is C18H23N3O3S. The molecule has 1 aromatic carbocycles. The third-order valence-electron chi connectivity index (χ3n) is 3.78. The van der Waals surface area contributed by atoms with E-state index in [-0.39, 0.29) is 5.91 Å². The van der Waals surface area contributed by atoms with Crippen LogP contribution in [0.5, 0.6) is 0 Å². The number of sulfonamides is 1. The van der Waals surface area contributed by atoms with E-state index in [0.29, 0.717) is 18.7 Å². The van der Waals surface area contributed by atoms with Crippen LogP contribution in [0, 0.1) is 6.92 Å². The van der Waals surface area contributed by atoms with Gasteiger partial charge in [-0.2, -0.15) is 0 Å². The topological polar surface area (TPSA) is 79.4 Å². The summed E-state index contributed by atoms with van der Waals surface area (Å²) in [6.45, 7) is 3.98. The third-order valence-corrected chi connectivity index (χ3v) is 4.96. The van der Waals surface area contributed by atoms with Gasteiger partial charge < -0.3 is 5.32 Å². The smallest absolute Gasteiger partial charge is 0.244 e. The number of nitrogens with one attached hydrogen (secondary N) is 1. The number of hydrogen-bond donors (Lipinski definition) is 1. The lowest BCUT2D eigenvalue weighted by Crippen LogP contribution is -2.49. The molecule has 0 aliphatic heterocycles. The molecule has 6 nitrogen and oxygen atoms in total. The Labute approximate surface area is 148 Å². The van der Waals surface area contributed by atoms with Crippen molar-refractivity contribution in [3.63, 3.8) is 0 Å². The molecule has 7 heteroatoms. The monoisotopic (exact) mass is 361 g/mol. The van der Waals surface area contributed by atoms with Gasteiger partial charge in [0.05, 0.1) is 11.9 Å². The van der Waals surface area contributed by atoms with Crippen LogP contribution >= 0.6 is 0 Å². The van der Waals surface area contributed by atoms with Crippen LogP contribution in [0.25, 0.3) is 0 Å². The first-order chi connectivity index (χ1) is 11.8. The Morgan fingerprint density at radius 2 is 2.04 bits per heavy atom. The first-order valence-corrected chi connectivity index (χ1v) is 9.90. The van der Waals surface area contributed by atoms with Gasteiger partial charge in [-0.05, 0) is 42.7 Å². The molecule has 0 bridgehead atoms. The van der Waals surface area contributed by atoms with Crippen LogP contribution in [-0.2, 0) is 21.4 Å². The molecule has 0 saturated carbocycles. The quantitative estimate of drug-likeness (QED) is 0.820. The van der Waals surface area contributed by atoms with Crippen molar-refractivity contribution >= 4 is 21.6 Å². The van der Waals surface area contributed by atoms with Crippen molar-refractivity contribution in [2.75, 3.05) is 10.6 Å². The van der Waals surface area contributed by atoms with Gasteiger partial charge in [0.15, 0.2) is 0 Å². The Morgan fingerprint density at radius 1 is 1.28 bits per heavy atom. The first kappa shape index (κ1) is 18.9. The molecule has 0 saturated heterocycles. The summed E-state index contributed by atoms with van der Waals surface area (Å²) in [4.78, 5) is 16.7. The normalized spacial score (nSPS) is 12.4. The SMILES string of the molecule is CC[C@H](C(=O)NCc1cccnc1)N(c1cccc(C)c1)S(C)(=O)=O. The summed E-state index contributed by atoms with van der Waals surface area (Å²) >= 11 is 0. The number of aryl methyl sites for hydroxylation is 1. The number of anilines is 1. The highest BCUT2D eigenvalue weighted by molar-refractivity contribution is 7.92. The zero-order valence-corrected chi connectivity index (χ0v) is 15.5. The van der Waals surface area contributed by atoms with Gasteiger partial charge in [-0.15, -0.1) is 0 Å². The average molecular weight is 361 g/mol. The molecule has 2 rings (SSSR count). The van der Waals surface area contributed by atoms with E-state index < -0.39 is 16.1 Å². The van der Waals surface area contributed by atoms with Crippen molar-refractivity contribution in [1.29, 1.82) is 0 Å². The standard InChI is InChI=1S/C18H23N3O3S/c1-4-17(18(22)20-13-15-8-6-10-19-12-15)21(25(3,23)24)16-9-5-7-14(2)11-16/h5-12,17H,4,13H2,1-3H3,(H,20,22)/t17-/m1/s1. The largest absolute Gasteiger partial charge is 0.350 e. The number of carbonyl (C=O) groups is 1. The van der Waals surface area contributed by atoms with Crippen molar-refractivity contribution in [2.24, 2.45) is 0 Å². The van der Waals surface area contributed by atoms with Crippen molar-refractivity contribution in [3.8, 4) is 0 Å². The highest BCUT2D eigenvalue weighted by Gasteiger charge is 2.31. The number of rotatable bonds is 7. The van der Waals surface area contributed by atoms with Gasteiger partial charge in [0, 0.05) is 18.9 Å². The summed E-state index contributed by atoms with van der Waals surface area (Å²) in [7, 11) is -3.61. The first-order valence-electron chi connectivity index (χ1n) is 8.05. The van der Waals surface area contributed by atoms with Gasteiger partial charge in [0.2, 0.25) is 15.9 Å². The van der Waals surface area contributed by atoms with Gasteiger partial charge in [-0.3, -0.25) is 14.1 Å². The minimum Gasteiger partial charge on any atom is -0.350 e. The molecule has 0 aliphatic rings. The second-order valence-corrected chi connectivity index (χ2v) is 7.76. The molecule has 0 spiro atoms.